The van der Waals surface area contributed by atoms with Gasteiger partial charge in [0.1, 0.15) is 5.69 Å². The first kappa shape index (κ1) is 11.8. The molecule has 1 atom stereocenters. The number of nitrogens with zero attached hydrogens (tertiary/aromatic N) is 1. The van der Waals surface area contributed by atoms with Crippen LogP contribution < -0.4 is 5.32 Å². The molecule has 4 heteroatoms. The molecular weight excluding hydrogens is 232 g/mol. The van der Waals surface area contributed by atoms with Gasteiger partial charge in [-0.15, -0.1) is 11.3 Å². The first-order valence-electron chi connectivity index (χ1n) is 5.42. The molecule has 1 N–H and O–H groups in total. The molecule has 88 valence electrons. The number of nitrogens with one attached hydrogen (secondary N) is 1. The highest BCUT2D eigenvalue weighted by Crippen LogP contribution is 2.13. The summed E-state index contributed by atoms with van der Waals surface area (Å²) in [4.78, 5) is 15.8. The van der Waals surface area contributed by atoms with E-state index in [9.17, 15) is 4.79 Å². The van der Waals surface area contributed by atoms with Crippen LogP contribution in [0.2, 0.25) is 0 Å². The molecule has 1 unspecified atom stereocenters. The molecule has 0 aliphatic heterocycles. The van der Waals surface area contributed by atoms with Crippen molar-refractivity contribution in [3.8, 4) is 0 Å². The smallest absolute Gasteiger partial charge is 0.271 e. The third kappa shape index (κ3) is 2.91. The fraction of sp³-hybridized carbons (Fsp3) is 0.231. The Labute approximate surface area is 105 Å². The Morgan fingerprint density at radius 1 is 1.35 bits per heavy atom. The molecule has 0 aliphatic carbocycles. The molecule has 2 rings (SSSR count). The van der Waals surface area contributed by atoms with Crippen LogP contribution in [0.25, 0.3) is 0 Å². The minimum atomic E-state index is -0.126. The van der Waals surface area contributed by atoms with E-state index >= 15 is 0 Å². The second-order valence-electron chi connectivity index (χ2n) is 3.98. The Kier molecular flexibility index (Phi) is 3.54. The van der Waals surface area contributed by atoms with Gasteiger partial charge in [-0.3, -0.25) is 4.79 Å². The number of aryl methyl sites for hydroxylation is 1. The van der Waals surface area contributed by atoms with Gasteiger partial charge in [0.2, 0.25) is 0 Å². The van der Waals surface area contributed by atoms with E-state index in [1.807, 2.05) is 38.1 Å². The van der Waals surface area contributed by atoms with Gasteiger partial charge in [-0.2, -0.15) is 0 Å². The van der Waals surface area contributed by atoms with E-state index in [1.165, 1.54) is 16.9 Å². The minimum absolute atomic E-state index is 0.00944. The number of thiazole rings is 1. The summed E-state index contributed by atoms with van der Waals surface area (Å²) in [5, 5.41) is 4.67. The maximum atomic E-state index is 11.8. The highest BCUT2D eigenvalue weighted by atomic mass is 32.1. The summed E-state index contributed by atoms with van der Waals surface area (Å²) < 4.78 is 0. The maximum Gasteiger partial charge on any atom is 0.271 e. The highest BCUT2D eigenvalue weighted by Gasteiger charge is 2.12. The van der Waals surface area contributed by atoms with E-state index in [2.05, 4.69) is 10.3 Å². The normalized spacial score (nSPS) is 12.1. The monoisotopic (exact) mass is 246 g/mol. The van der Waals surface area contributed by atoms with Crippen molar-refractivity contribution in [3.63, 3.8) is 0 Å². The topological polar surface area (TPSA) is 42.0 Å². The van der Waals surface area contributed by atoms with Gasteiger partial charge in [-0.25, -0.2) is 4.98 Å². The van der Waals surface area contributed by atoms with Crippen molar-refractivity contribution < 1.29 is 4.79 Å². The lowest BCUT2D eigenvalue weighted by molar-refractivity contribution is 0.0935. The van der Waals surface area contributed by atoms with Gasteiger partial charge in [0.05, 0.1) is 11.6 Å². The summed E-state index contributed by atoms with van der Waals surface area (Å²) in [5.74, 6) is -0.126. The van der Waals surface area contributed by atoms with Crippen LogP contribution in [0.4, 0.5) is 0 Å². The van der Waals surface area contributed by atoms with Crippen LogP contribution in [0.1, 0.15) is 34.6 Å². The molecule has 0 radical (unpaired) electrons. The minimum Gasteiger partial charge on any atom is -0.344 e. The van der Waals surface area contributed by atoms with E-state index in [4.69, 9.17) is 0 Å². The second kappa shape index (κ2) is 5.10. The fourth-order valence-corrected chi connectivity index (χ4v) is 2.07. The zero-order valence-corrected chi connectivity index (χ0v) is 10.6. The number of amides is 1. The van der Waals surface area contributed by atoms with Gasteiger partial charge in [0.25, 0.3) is 5.91 Å². The van der Waals surface area contributed by atoms with Gasteiger partial charge in [-0.1, -0.05) is 29.8 Å². The average molecular weight is 246 g/mol. The largest absolute Gasteiger partial charge is 0.344 e. The predicted octanol–water partition coefficient (Wildman–Crippen LogP) is 2.94. The number of hydrogen-bond acceptors (Lipinski definition) is 3. The van der Waals surface area contributed by atoms with Crippen molar-refractivity contribution in [3.05, 3.63) is 52.0 Å². The van der Waals surface area contributed by atoms with Crippen molar-refractivity contribution in [1.29, 1.82) is 0 Å². The molecule has 0 aliphatic rings. The molecule has 0 fully saturated rings. The van der Waals surface area contributed by atoms with E-state index < -0.39 is 0 Å². The first-order chi connectivity index (χ1) is 8.16. The van der Waals surface area contributed by atoms with Crippen molar-refractivity contribution in [2.24, 2.45) is 0 Å². The molecule has 0 saturated heterocycles. The van der Waals surface area contributed by atoms with E-state index in [1.54, 1.807) is 10.9 Å². The van der Waals surface area contributed by atoms with Crippen LogP contribution in [0, 0.1) is 6.92 Å². The molecule has 0 spiro atoms. The van der Waals surface area contributed by atoms with Crippen LogP contribution in [-0.4, -0.2) is 10.9 Å². The number of rotatable bonds is 3. The molecule has 2 aromatic rings. The summed E-state index contributed by atoms with van der Waals surface area (Å²) in [7, 11) is 0. The molecule has 1 heterocycles. The third-order valence-electron chi connectivity index (χ3n) is 2.59. The summed E-state index contributed by atoms with van der Waals surface area (Å²) >= 11 is 1.42. The standard InChI is InChI=1S/C13H14N2OS/c1-9-3-5-11(6-4-9)10(2)15-13(16)12-7-17-8-14-12/h3-8,10H,1-2H3,(H,15,16). The molecule has 1 amide bonds. The number of benzene rings is 1. The lowest BCUT2D eigenvalue weighted by Crippen LogP contribution is -2.26. The number of hydrogen-bond donors (Lipinski definition) is 1. The van der Waals surface area contributed by atoms with Crippen LogP contribution in [0.15, 0.2) is 35.2 Å². The molecule has 0 saturated carbocycles. The van der Waals surface area contributed by atoms with Gasteiger partial charge >= 0.3 is 0 Å². The SMILES string of the molecule is Cc1ccc(C(C)NC(=O)c2cscn2)cc1. The Morgan fingerprint density at radius 3 is 2.65 bits per heavy atom. The Bertz CT molecular complexity index is 491. The van der Waals surface area contributed by atoms with Gasteiger partial charge < -0.3 is 5.32 Å². The predicted molar refractivity (Wildman–Crippen MR) is 69.2 cm³/mol. The Hall–Kier alpha value is -1.68. The first-order valence-corrected chi connectivity index (χ1v) is 6.36. The summed E-state index contributed by atoms with van der Waals surface area (Å²) in [6, 6.07) is 8.13. The number of carbonyl (C=O) groups excluding carboxylic acids is 1. The van der Waals surface area contributed by atoms with E-state index in [0.717, 1.165) is 5.56 Å². The lowest BCUT2D eigenvalue weighted by Gasteiger charge is -2.13. The maximum absolute atomic E-state index is 11.8. The van der Waals surface area contributed by atoms with Crippen molar-refractivity contribution in [2.75, 3.05) is 0 Å². The van der Waals surface area contributed by atoms with Crippen molar-refractivity contribution in [2.45, 2.75) is 19.9 Å². The molecule has 17 heavy (non-hydrogen) atoms. The summed E-state index contributed by atoms with van der Waals surface area (Å²) in [5.41, 5.74) is 4.45. The summed E-state index contributed by atoms with van der Waals surface area (Å²) in [6.45, 7) is 4.01. The van der Waals surface area contributed by atoms with Crippen molar-refractivity contribution >= 4 is 17.2 Å². The van der Waals surface area contributed by atoms with Gasteiger partial charge in [-0.05, 0) is 19.4 Å². The molecule has 1 aromatic heterocycles. The summed E-state index contributed by atoms with van der Waals surface area (Å²) in [6.07, 6.45) is 0. The zero-order valence-electron chi connectivity index (χ0n) is 9.81. The van der Waals surface area contributed by atoms with Crippen LogP contribution in [-0.2, 0) is 0 Å². The quantitative estimate of drug-likeness (QED) is 0.904. The number of carbonyl (C=O) groups is 1. The average Bonchev–Trinajstić information content (AvgIpc) is 2.83. The van der Waals surface area contributed by atoms with Crippen molar-refractivity contribution in [1.82, 2.24) is 10.3 Å². The highest BCUT2D eigenvalue weighted by molar-refractivity contribution is 7.07. The molecule has 0 bridgehead atoms. The van der Waals surface area contributed by atoms with Gasteiger partial charge in [0.15, 0.2) is 0 Å². The van der Waals surface area contributed by atoms with Crippen LogP contribution in [0.5, 0.6) is 0 Å². The number of aromatic nitrogens is 1. The third-order valence-corrected chi connectivity index (χ3v) is 3.18. The van der Waals surface area contributed by atoms with E-state index in [-0.39, 0.29) is 11.9 Å². The molecule has 1 aromatic carbocycles. The second-order valence-corrected chi connectivity index (χ2v) is 4.70. The molecule has 3 nitrogen and oxygen atoms in total. The lowest BCUT2D eigenvalue weighted by atomic mass is 10.1. The van der Waals surface area contributed by atoms with Crippen LogP contribution >= 0.6 is 11.3 Å². The Morgan fingerprint density at radius 2 is 2.06 bits per heavy atom. The fourth-order valence-electron chi connectivity index (χ4n) is 1.53. The van der Waals surface area contributed by atoms with E-state index in [0.29, 0.717) is 5.69 Å². The zero-order chi connectivity index (χ0) is 12.3. The van der Waals surface area contributed by atoms with Crippen LogP contribution in [0.3, 0.4) is 0 Å². The molecular formula is C13H14N2OS. The van der Waals surface area contributed by atoms with Gasteiger partial charge in [0, 0.05) is 5.38 Å². The Balaban J connectivity index is 2.04.